The molecule has 0 radical (unpaired) electrons. The fourth-order valence-corrected chi connectivity index (χ4v) is 2.29. The van der Waals surface area contributed by atoms with E-state index < -0.39 is 11.8 Å². The van der Waals surface area contributed by atoms with Gasteiger partial charge >= 0.3 is 5.97 Å². The summed E-state index contributed by atoms with van der Waals surface area (Å²) >= 11 is 5.92. The number of rotatable bonds is 3. The summed E-state index contributed by atoms with van der Waals surface area (Å²) in [6.45, 7) is 0. The Balaban J connectivity index is 2.26. The summed E-state index contributed by atoms with van der Waals surface area (Å²) in [5.41, 5.74) is 0.652. The molecule has 0 saturated heterocycles. The van der Waals surface area contributed by atoms with Crippen molar-refractivity contribution in [1.82, 2.24) is 9.55 Å². The van der Waals surface area contributed by atoms with Crippen LogP contribution in [-0.2, 0) is 0 Å². The Kier molecular flexibility index (Phi) is 3.65. The Hall–Kier alpha value is -2.66. The summed E-state index contributed by atoms with van der Waals surface area (Å²) in [4.78, 5) is 15.3. The molecule has 2 aromatic carbocycles. The van der Waals surface area contributed by atoms with Crippen molar-refractivity contribution in [3.63, 3.8) is 0 Å². The summed E-state index contributed by atoms with van der Waals surface area (Å²) in [5.74, 6) is -1.37. The van der Waals surface area contributed by atoms with E-state index >= 15 is 0 Å². The molecule has 0 amide bonds. The monoisotopic (exact) mass is 316 g/mol. The van der Waals surface area contributed by atoms with Gasteiger partial charge in [-0.3, -0.25) is 4.57 Å². The Labute approximate surface area is 130 Å². The number of aromatic carboxylic acids is 1. The van der Waals surface area contributed by atoms with E-state index in [-0.39, 0.29) is 11.4 Å². The van der Waals surface area contributed by atoms with Crippen LogP contribution in [0.15, 0.2) is 54.7 Å². The average Bonchev–Trinajstić information content (AvgIpc) is 2.96. The maximum atomic E-state index is 14.1. The van der Waals surface area contributed by atoms with E-state index in [9.17, 15) is 9.18 Å². The van der Waals surface area contributed by atoms with Crippen molar-refractivity contribution in [2.45, 2.75) is 0 Å². The zero-order chi connectivity index (χ0) is 15.7. The number of benzene rings is 2. The molecule has 0 unspecified atom stereocenters. The second kappa shape index (κ2) is 5.61. The fourth-order valence-electron chi connectivity index (χ4n) is 2.13. The van der Waals surface area contributed by atoms with Gasteiger partial charge in [0.05, 0.1) is 5.69 Å². The summed E-state index contributed by atoms with van der Waals surface area (Å²) < 4.78 is 15.5. The van der Waals surface area contributed by atoms with Gasteiger partial charge in [-0.2, -0.15) is 0 Å². The highest BCUT2D eigenvalue weighted by molar-refractivity contribution is 6.30. The van der Waals surface area contributed by atoms with E-state index in [0.29, 0.717) is 16.4 Å². The van der Waals surface area contributed by atoms with Crippen molar-refractivity contribution in [2.24, 2.45) is 0 Å². The van der Waals surface area contributed by atoms with Gasteiger partial charge in [-0.15, -0.1) is 0 Å². The van der Waals surface area contributed by atoms with Gasteiger partial charge < -0.3 is 5.11 Å². The number of aromatic nitrogens is 2. The average molecular weight is 317 g/mol. The largest absolute Gasteiger partial charge is 0.476 e. The second-order valence-electron chi connectivity index (χ2n) is 4.59. The topological polar surface area (TPSA) is 55.1 Å². The van der Waals surface area contributed by atoms with Crippen LogP contribution in [0.1, 0.15) is 10.5 Å². The van der Waals surface area contributed by atoms with Gasteiger partial charge in [0.15, 0.2) is 5.69 Å². The molecule has 0 bridgehead atoms. The molecular formula is C16H10ClFN2O2. The van der Waals surface area contributed by atoms with Crippen LogP contribution in [0.5, 0.6) is 0 Å². The van der Waals surface area contributed by atoms with Crippen molar-refractivity contribution >= 4 is 17.6 Å². The first-order chi connectivity index (χ1) is 10.6. The minimum Gasteiger partial charge on any atom is -0.476 e. The number of hydrogen-bond acceptors (Lipinski definition) is 2. The van der Waals surface area contributed by atoms with Gasteiger partial charge in [0.1, 0.15) is 11.6 Å². The van der Waals surface area contributed by atoms with Crippen LogP contribution in [-0.4, -0.2) is 20.6 Å². The molecule has 3 aromatic rings. The lowest BCUT2D eigenvalue weighted by Crippen LogP contribution is -1.99. The maximum Gasteiger partial charge on any atom is 0.356 e. The number of carboxylic acid groups (broad SMARTS) is 1. The van der Waals surface area contributed by atoms with Crippen molar-refractivity contribution < 1.29 is 14.3 Å². The highest BCUT2D eigenvalue weighted by Crippen LogP contribution is 2.26. The van der Waals surface area contributed by atoms with Crippen LogP contribution < -0.4 is 0 Å². The molecule has 1 heterocycles. The third-order valence-corrected chi connectivity index (χ3v) is 3.36. The molecule has 0 aliphatic rings. The van der Waals surface area contributed by atoms with Gasteiger partial charge in [0.25, 0.3) is 0 Å². The molecule has 0 aliphatic heterocycles. The third-order valence-electron chi connectivity index (χ3n) is 3.12. The van der Waals surface area contributed by atoms with Gasteiger partial charge in [-0.05, 0) is 18.2 Å². The van der Waals surface area contributed by atoms with Gasteiger partial charge in [-0.25, -0.2) is 14.2 Å². The summed E-state index contributed by atoms with van der Waals surface area (Å²) in [5, 5.41) is 9.49. The molecule has 110 valence electrons. The smallest absolute Gasteiger partial charge is 0.356 e. The normalized spacial score (nSPS) is 10.6. The zero-order valence-electron chi connectivity index (χ0n) is 11.2. The quantitative estimate of drug-likeness (QED) is 0.793. The molecule has 0 aliphatic carbocycles. The molecule has 0 atom stereocenters. The van der Waals surface area contributed by atoms with Crippen LogP contribution in [0.3, 0.4) is 0 Å². The Morgan fingerprint density at radius 2 is 1.91 bits per heavy atom. The van der Waals surface area contributed by atoms with Crippen LogP contribution in [0.4, 0.5) is 4.39 Å². The van der Waals surface area contributed by atoms with E-state index in [1.54, 1.807) is 24.3 Å². The van der Waals surface area contributed by atoms with Crippen LogP contribution in [0.2, 0.25) is 5.02 Å². The van der Waals surface area contributed by atoms with Crippen molar-refractivity contribution in [1.29, 1.82) is 0 Å². The van der Waals surface area contributed by atoms with Gasteiger partial charge in [0.2, 0.25) is 0 Å². The van der Waals surface area contributed by atoms with E-state index in [1.165, 1.54) is 29.0 Å². The lowest BCUT2D eigenvalue weighted by molar-refractivity contribution is 0.0691. The molecule has 22 heavy (non-hydrogen) atoms. The molecule has 0 saturated carbocycles. The highest BCUT2D eigenvalue weighted by atomic mass is 35.5. The molecule has 1 N–H and O–H groups in total. The van der Waals surface area contributed by atoms with Crippen LogP contribution in [0.25, 0.3) is 17.1 Å². The molecular weight excluding hydrogens is 307 g/mol. The van der Waals surface area contributed by atoms with E-state index in [1.807, 2.05) is 6.07 Å². The molecule has 4 nitrogen and oxygen atoms in total. The summed E-state index contributed by atoms with van der Waals surface area (Å²) in [7, 11) is 0. The van der Waals surface area contributed by atoms with Crippen molar-refractivity contribution in [3.8, 4) is 17.1 Å². The minimum absolute atomic E-state index is 0.145. The van der Waals surface area contributed by atoms with E-state index in [0.717, 1.165) is 0 Å². The van der Waals surface area contributed by atoms with E-state index in [2.05, 4.69) is 4.98 Å². The number of imidazole rings is 1. The molecule has 3 rings (SSSR count). The summed E-state index contributed by atoms with van der Waals surface area (Å²) in [6.07, 6.45) is 1.28. The van der Waals surface area contributed by atoms with E-state index in [4.69, 9.17) is 16.7 Å². The first-order valence-corrected chi connectivity index (χ1v) is 6.77. The first-order valence-electron chi connectivity index (χ1n) is 6.40. The first kappa shape index (κ1) is 14.3. The number of hydrogen-bond donors (Lipinski definition) is 1. The highest BCUT2D eigenvalue weighted by Gasteiger charge is 2.18. The SMILES string of the molecule is O=C(O)c1cn(-c2cc(Cl)ccc2F)c(-c2ccccc2)n1. The number of nitrogens with zero attached hydrogens (tertiary/aromatic N) is 2. The Morgan fingerprint density at radius 3 is 2.59 bits per heavy atom. The summed E-state index contributed by atoms with van der Waals surface area (Å²) in [6, 6.07) is 13.0. The Bertz CT molecular complexity index is 847. The van der Waals surface area contributed by atoms with Gasteiger partial charge in [-0.1, -0.05) is 41.9 Å². The zero-order valence-corrected chi connectivity index (χ0v) is 12.0. The number of halogens is 2. The minimum atomic E-state index is -1.18. The third kappa shape index (κ3) is 2.58. The lowest BCUT2D eigenvalue weighted by Gasteiger charge is -2.09. The maximum absolute atomic E-state index is 14.1. The van der Waals surface area contributed by atoms with Crippen LogP contribution in [0, 0.1) is 5.82 Å². The molecule has 6 heteroatoms. The lowest BCUT2D eigenvalue weighted by atomic mass is 10.2. The van der Waals surface area contributed by atoms with Crippen molar-refractivity contribution in [2.75, 3.05) is 0 Å². The number of carboxylic acids is 1. The molecule has 0 spiro atoms. The predicted octanol–water partition coefficient (Wildman–Crippen LogP) is 4.03. The number of carbonyl (C=O) groups is 1. The van der Waals surface area contributed by atoms with Crippen molar-refractivity contribution in [3.05, 3.63) is 71.3 Å². The standard InChI is InChI=1S/C16H10ClFN2O2/c17-11-6-7-12(18)14(8-11)20-9-13(16(21)22)19-15(20)10-4-2-1-3-5-10/h1-9H,(H,21,22). The molecule has 1 aromatic heterocycles. The fraction of sp³-hybridized carbons (Fsp3) is 0. The van der Waals surface area contributed by atoms with Crippen LogP contribution >= 0.6 is 11.6 Å². The predicted molar refractivity (Wildman–Crippen MR) is 80.9 cm³/mol. The second-order valence-corrected chi connectivity index (χ2v) is 5.02. The molecule has 0 fully saturated rings. The Morgan fingerprint density at radius 1 is 1.18 bits per heavy atom. The van der Waals surface area contributed by atoms with Gasteiger partial charge in [0, 0.05) is 16.8 Å².